The second-order valence-corrected chi connectivity index (χ2v) is 8.11. The van der Waals surface area contributed by atoms with Crippen molar-refractivity contribution in [2.75, 3.05) is 45.9 Å². The van der Waals surface area contributed by atoms with Gasteiger partial charge in [0.25, 0.3) is 5.91 Å². The van der Waals surface area contributed by atoms with Crippen molar-refractivity contribution >= 4 is 5.91 Å². The Morgan fingerprint density at radius 1 is 1.28 bits per heavy atom. The van der Waals surface area contributed by atoms with E-state index in [1.807, 2.05) is 4.90 Å². The van der Waals surface area contributed by atoms with Crippen molar-refractivity contribution < 1.29 is 14.6 Å². The van der Waals surface area contributed by atoms with Gasteiger partial charge in [-0.05, 0) is 49.8 Å². The van der Waals surface area contributed by atoms with Gasteiger partial charge < -0.3 is 19.6 Å². The average molecular weight is 344 g/mol. The van der Waals surface area contributed by atoms with E-state index in [2.05, 4.69) is 4.90 Å². The maximum absolute atomic E-state index is 12.9. The lowest BCUT2D eigenvalue weighted by atomic mass is 9.79. The highest BCUT2D eigenvalue weighted by molar-refractivity contribution is 5.94. The highest BCUT2D eigenvalue weighted by Crippen LogP contribution is 2.36. The Labute approximate surface area is 149 Å². The van der Waals surface area contributed by atoms with Gasteiger partial charge in [-0.3, -0.25) is 4.79 Å². The van der Waals surface area contributed by atoms with Crippen LogP contribution < -0.4 is 0 Å². The van der Waals surface area contributed by atoms with Gasteiger partial charge >= 0.3 is 0 Å². The van der Waals surface area contributed by atoms with E-state index in [1.54, 1.807) is 24.3 Å². The highest BCUT2D eigenvalue weighted by Gasteiger charge is 2.41. The Morgan fingerprint density at radius 3 is 2.96 bits per heavy atom. The van der Waals surface area contributed by atoms with E-state index in [9.17, 15) is 9.90 Å². The number of carbonyl (C=O) groups is 1. The van der Waals surface area contributed by atoms with Gasteiger partial charge in [-0.1, -0.05) is 6.07 Å². The number of carbonyl (C=O) groups excluding carboxylic acids is 1. The van der Waals surface area contributed by atoms with Gasteiger partial charge in [0.15, 0.2) is 0 Å². The number of hydrogen-bond acceptors (Lipinski definition) is 4. The molecule has 25 heavy (non-hydrogen) atoms. The van der Waals surface area contributed by atoms with E-state index in [0.717, 1.165) is 58.2 Å². The molecule has 5 nitrogen and oxygen atoms in total. The first-order valence-corrected chi connectivity index (χ1v) is 9.52. The van der Waals surface area contributed by atoms with Crippen LogP contribution in [0.1, 0.15) is 36.0 Å². The zero-order valence-electron chi connectivity index (χ0n) is 14.8. The number of benzene rings is 1. The molecule has 1 spiro atoms. The molecule has 0 radical (unpaired) electrons. The third-order valence-electron chi connectivity index (χ3n) is 5.77. The summed E-state index contributed by atoms with van der Waals surface area (Å²) in [5.41, 5.74) is 0.622. The molecule has 1 amide bonds. The second kappa shape index (κ2) is 6.96. The number of phenols is 1. The van der Waals surface area contributed by atoms with Crippen LogP contribution in [0.2, 0.25) is 0 Å². The molecule has 4 rings (SSSR count). The average Bonchev–Trinajstić information content (AvgIpc) is 3.43. The van der Waals surface area contributed by atoms with E-state index >= 15 is 0 Å². The fraction of sp³-hybridized carbons (Fsp3) is 0.650. The number of likely N-dealkylation sites (tertiary alicyclic amines) is 1. The summed E-state index contributed by atoms with van der Waals surface area (Å²) in [5, 5.41) is 9.67. The molecule has 1 atom stereocenters. The van der Waals surface area contributed by atoms with Crippen LogP contribution in [0.5, 0.6) is 5.75 Å². The molecule has 1 aromatic rings. The topological polar surface area (TPSA) is 53.0 Å². The lowest BCUT2D eigenvalue weighted by Gasteiger charge is -2.43. The number of nitrogens with zero attached hydrogens (tertiary/aromatic N) is 2. The fourth-order valence-electron chi connectivity index (χ4n) is 4.35. The summed E-state index contributed by atoms with van der Waals surface area (Å²) in [6, 6.07) is 6.68. The Kier molecular flexibility index (Phi) is 4.69. The Bertz CT molecular complexity index is 631. The van der Waals surface area contributed by atoms with Crippen molar-refractivity contribution in [2.45, 2.75) is 25.7 Å². The first kappa shape index (κ1) is 16.9. The SMILES string of the molecule is O=C(c1cccc(O)c1)N1CCCC2(COCCN(CC3CC3)C2)C1. The molecule has 3 fully saturated rings. The van der Waals surface area contributed by atoms with E-state index in [-0.39, 0.29) is 17.1 Å². The minimum atomic E-state index is 0.0213. The van der Waals surface area contributed by atoms with Crippen LogP contribution in [0.15, 0.2) is 24.3 Å². The van der Waals surface area contributed by atoms with E-state index < -0.39 is 0 Å². The molecular weight excluding hydrogens is 316 g/mol. The zero-order valence-corrected chi connectivity index (χ0v) is 14.8. The molecule has 5 heteroatoms. The number of aromatic hydroxyl groups is 1. The summed E-state index contributed by atoms with van der Waals surface area (Å²) >= 11 is 0. The van der Waals surface area contributed by atoms with Crippen LogP contribution in [0.4, 0.5) is 0 Å². The number of amides is 1. The van der Waals surface area contributed by atoms with Crippen LogP contribution in [0.25, 0.3) is 0 Å². The van der Waals surface area contributed by atoms with Gasteiger partial charge in [-0.2, -0.15) is 0 Å². The van der Waals surface area contributed by atoms with Crippen LogP contribution in [0.3, 0.4) is 0 Å². The van der Waals surface area contributed by atoms with E-state index in [4.69, 9.17) is 4.74 Å². The zero-order chi connectivity index (χ0) is 17.3. The maximum Gasteiger partial charge on any atom is 0.254 e. The number of phenolic OH excluding ortho intramolecular Hbond substituents is 1. The van der Waals surface area contributed by atoms with Crippen LogP contribution in [-0.4, -0.2) is 66.8 Å². The Hall–Kier alpha value is -1.59. The summed E-state index contributed by atoms with van der Waals surface area (Å²) in [6.45, 7) is 6.33. The molecule has 1 aliphatic carbocycles. The summed E-state index contributed by atoms with van der Waals surface area (Å²) in [4.78, 5) is 17.4. The van der Waals surface area contributed by atoms with Crippen LogP contribution >= 0.6 is 0 Å². The molecule has 2 heterocycles. The molecule has 3 aliphatic rings. The quantitative estimate of drug-likeness (QED) is 0.915. The smallest absolute Gasteiger partial charge is 0.254 e. The molecule has 1 unspecified atom stereocenters. The lowest BCUT2D eigenvalue weighted by molar-refractivity contribution is 0.00716. The summed E-state index contributed by atoms with van der Waals surface area (Å²) in [5.74, 6) is 1.04. The van der Waals surface area contributed by atoms with Gasteiger partial charge in [0.05, 0.1) is 13.2 Å². The number of hydrogen-bond donors (Lipinski definition) is 1. The molecule has 1 aromatic carbocycles. The molecule has 1 N–H and O–H groups in total. The molecule has 1 saturated carbocycles. The first-order valence-electron chi connectivity index (χ1n) is 9.52. The van der Waals surface area contributed by atoms with Crippen molar-refractivity contribution in [2.24, 2.45) is 11.3 Å². The van der Waals surface area contributed by atoms with Crippen LogP contribution in [-0.2, 0) is 4.74 Å². The molecular formula is C20H28N2O3. The van der Waals surface area contributed by atoms with E-state index in [1.165, 1.54) is 19.4 Å². The molecule has 2 aliphatic heterocycles. The first-order chi connectivity index (χ1) is 12.1. The standard InChI is InChI=1S/C20H28N2O3/c23-18-4-1-3-17(11-18)19(24)22-8-2-7-20(14-22)13-21(9-10-25-15-20)12-16-5-6-16/h1,3-4,11,16,23H,2,5-10,12-15H2. The predicted octanol–water partition coefficient (Wildman–Crippen LogP) is 2.36. The molecule has 136 valence electrons. The van der Waals surface area contributed by atoms with Gasteiger partial charge in [0.1, 0.15) is 5.75 Å². The lowest BCUT2D eigenvalue weighted by Crippen LogP contribution is -2.52. The second-order valence-electron chi connectivity index (χ2n) is 8.11. The summed E-state index contributed by atoms with van der Waals surface area (Å²) < 4.78 is 5.95. The normalized spacial score (nSPS) is 28.1. The minimum absolute atomic E-state index is 0.0213. The molecule has 0 aromatic heterocycles. The fourth-order valence-corrected chi connectivity index (χ4v) is 4.35. The molecule has 2 saturated heterocycles. The maximum atomic E-state index is 12.9. The summed E-state index contributed by atoms with van der Waals surface area (Å²) in [7, 11) is 0. The summed E-state index contributed by atoms with van der Waals surface area (Å²) in [6.07, 6.45) is 4.88. The minimum Gasteiger partial charge on any atom is -0.508 e. The van der Waals surface area contributed by atoms with Crippen molar-refractivity contribution in [1.29, 1.82) is 0 Å². The third kappa shape index (κ3) is 3.98. The van der Waals surface area contributed by atoms with Crippen molar-refractivity contribution in [1.82, 2.24) is 9.80 Å². The van der Waals surface area contributed by atoms with Crippen molar-refractivity contribution in [3.05, 3.63) is 29.8 Å². The number of rotatable bonds is 3. The number of ether oxygens (including phenoxy) is 1. The highest BCUT2D eigenvalue weighted by atomic mass is 16.5. The van der Waals surface area contributed by atoms with Crippen LogP contribution in [0, 0.1) is 11.3 Å². The third-order valence-corrected chi connectivity index (χ3v) is 5.77. The molecule has 0 bridgehead atoms. The Morgan fingerprint density at radius 2 is 2.16 bits per heavy atom. The van der Waals surface area contributed by atoms with Gasteiger partial charge in [-0.15, -0.1) is 0 Å². The van der Waals surface area contributed by atoms with Gasteiger partial charge in [0.2, 0.25) is 0 Å². The van der Waals surface area contributed by atoms with Crippen molar-refractivity contribution in [3.8, 4) is 5.75 Å². The van der Waals surface area contributed by atoms with E-state index in [0.29, 0.717) is 5.56 Å². The predicted molar refractivity (Wildman–Crippen MR) is 95.7 cm³/mol. The van der Waals surface area contributed by atoms with Gasteiger partial charge in [0, 0.05) is 43.7 Å². The largest absolute Gasteiger partial charge is 0.508 e. The van der Waals surface area contributed by atoms with Gasteiger partial charge in [-0.25, -0.2) is 0 Å². The monoisotopic (exact) mass is 344 g/mol. The van der Waals surface area contributed by atoms with Crippen molar-refractivity contribution in [3.63, 3.8) is 0 Å². The number of piperidine rings is 1. The Balaban J connectivity index is 1.47.